The number of sulfonamides is 1. The smallest absolute Gasteiger partial charge is 0.266 e. The third kappa shape index (κ3) is 5.44. The van der Waals surface area contributed by atoms with Crippen molar-refractivity contribution in [2.75, 3.05) is 10.2 Å². The molecule has 0 unspecified atom stereocenters. The highest BCUT2D eigenvalue weighted by Crippen LogP contribution is 2.29. The number of anilines is 3. The lowest BCUT2D eigenvalue weighted by Crippen LogP contribution is -2.22. The van der Waals surface area contributed by atoms with Crippen molar-refractivity contribution in [1.29, 1.82) is 5.26 Å². The maximum absolute atomic E-state index is 12.5. The lowest BCUT2D eigenvalue weighted by Gasteiger charge is -2.17. The highest BCUT2D eigenvalue weighted by molar-refractivity contribution is 7.89. The van der Waals surface area contributed by atoms with Gasteiger partial charge in [0.2, 0.25) is 15.9 Å². The maximum Gasteiger partial charge on any atom is 0.266 e. The van der Waals surface area contributed by atoms with Gasteiger partial charge in [-0.15, -0.1) is 11.3 Å². The Morgan fingerprint density at radius 3 is 2.38 bits per heavy atom. The monoisotopic (exact) mass is 467 g/mol. The molecule has 3 rings (SSSR count). The number of nitrogens with zero attached hydrogens (tertiary/aromatic N) is 3. The number of para-hydroxylation sites is 1. The first-order chi connectivity index (χ1) is 15.2. The molecule has 162 valence electrons. The molecule has 2 amide bonds. The Balaban J connectivity index is 1.81. The number of primary sulfonamides is 1. The lowest BCUT2D eigenvalue weighted by atomic mass is 10.2. The van der Waals surface area contributed by atoms with Crippen molar-refractivity contribution < 1.29 is 18.0 Å². The van der Waals surface area contributed by atoms with E-state index in [1.54, 1.807) is 29.6 Å². The number of benzene rings is 2. The standard InChI is InChI=1S/C21H17N5O4S2/c1-14(27)26(18-5-3-2-4-6-18)21-25-17(13-31-21)11-15(12-22)20(28)24-16-7-9-19(10-8-16)32(23,29)30/h2-11,13H,1H3,(H,24,28)(H2,23,29,30). The van der Waals surface area contributed by atoms with Crippen LogP contribution < -0.4 is 15.4 Å². The molecule has 0 fully saturated rings. The summed E-state index contributed by atoms with van der Waals surface area (Å²) in [4.78, 5) is 30.3. The zero-order chi connectivity index (χ0) is 23.3. The summed E-state index contributed by atoms with van der Waals surface area (Å²) < 4.78 is 22.6. The van der Waals surface area contributed by atoms with Gasteiger partial charge in [-0.3, -0.25) is 14.5 Å². The molecule has 1 aromatic heterocycles. The third-order valence-corrected chi connectivity index (χ3v) is 5.90. The van der Waals surface area contributed by atoms with Gasteiger partial charge >= 0.3 is 0 Å². The predicted octanol–water partition coefficient (Wildman–Crippen LogP) is 3.02. The van der Waals surface area contributed by atoms with E-state index in [2.05, 4.69) is 10.3 Å². The van der Waals surface area contributed by atoms with Gasteiger partial charge in [0.05, 0.1) is 16.3 Å². The van der Waals surface area contributed by atoms with Crippen molar-refractivity contribution in [2.45, 2.75) is 11.8 Å². The van der Waals surface area contributed by atoms with E-state index in [-0.39, 0.29) is 22.1 Å². The third-order valence-electron chi connectivity index (χ3n) is 4.13. The fraction of sp³-hybridized carbons (Fsp3) is 0.0476. The highest BCUT2D eigenvalue weighted by atomic mass is 32.2. The van der Waals surface area contributed by atoms with Gasteiger partial charge in [-0.1, -0.05) is 18.2 Å². The summed E-state index contributed by atoms with van der Waals surface area (Å²) in [5, 5.41) is 19.0. The fourth-order valence-corrected chi connectivity index (χ4v) is 4.03. The molecule has 3 N–H and O–H groups in total. The Labute approximate surface area is 188 Å². The molecule has 32 heavy (non-hydrogen) atoms. The van der Waals surface area contributed by atoms with Crippen molar-refractivity contribution in [3.8, 4) is 6.07 Å². The van der Waals surface area contributed by atoms with Gasteiger partial charge in [0, 0.05) is 18.0 Å². The molecule has 0 aliphatic heterocycles. The molecular weight excluding hydrogens is 450 g/mol. The summed E-state index contributed by atoms with van der Waals surface area (Å²) >= 11 is 1.19. The number of thiazole rings is 1. The van der Waals surface area contributed by atoms with Crippen molar-refractivity contribution in [3.05, 3.63) is 71.2 Å². The van der Waals surface area contributed by atoms with Crippen LogP contribution in [0.25, 0.3) is 6.08 Å². The van der Waals surface area contributed by atoms with E-state index in [9.17, 15) is 23.3 Å². The summed E-state index contributed by atoms with van der Waals surface area (Å²) in [5.74, 6) is -0.931. The van der Waals surface area contributed by atoms with Gasteiger partial charge in [-0.05, 0) is 42.5 Å². The fourth-order valence-electron chi connectivity index (χ4n) is 2.67. The van der Waals surface area contributed by atoms with Crippen LogP contribution in [0.15, 0.2) is 70.4 Å². The Morgan fingerprint density at radius 2 is 1.81 bits per heavy atom. The molecule has 2 aromatic carbocycles. The van der Waals surface area contributed by atoms with Gasteiger partial charge in [0.15, 0.2) is 5.13 Å². The highest BCUT2D eigenvalue weighted by Gasteiger charge is 2.18. The van der Waals surface area contributed by atoms with Crippen LogP contribution in [0.1, 0.15) is 12.6 Å². The lowest BCUT2D eigenvalue weighted by molar-refractivity contribution is -0.116. The Hall–Kier alpha value is -3.85. The number of amides is 2. The Kier molecular flexibility index (Phi) is 6.79. The molecule has 0 spiro atoms. The van der Waals surface area contributed by atoms with E-state index < -0.39 is 15.9 Å². The second kappa shape index (κ2) is 9.52. The molecule has 0 bridgehead atoms. The molecule has 3 aromatic rings. The first kappa shape index (κ1) is 22.8. The van der Waals surface area contributed by atoms with Crippen LogP contribution in [0.5, 0.6) is 0 Å². The Bertz CT molecular complexity index is 1320. The van der Waals surface area contributed by atoms with Crippen LogP contribution in [-0.2, 0) is 19.6 Å². The minimum atomic E-state index is -3.85. The van der Waals surface area contributed by atoms with E-state index in [0.717, 1.165) is 0 Å². The SMILES string of the molecule is CC(=O)N(c1ccccc1)c1nc(C=C(C#N)C(=O)Nc2ccc(S(N)(=O)=O)cc2)cs1. The first-order valence-electron chi connectivity index (χ1n) is 9.06. The van der Waals surface area contributed by atoms with E-state index in [4.69, 9.17) is 5.14 Å². The number of nitriles is 1. The van der Waals surface area contributed by atoms with Gasteiger partial charge in [-0.2, -0.15) is 5.26 Å². The average molecular weight is 468 g/mol. The van der Waals surface area contributed by atoms with Gasteiger partial charge in [-0.25, -0.2) is 18.5 Å². The van der Waals surface area contributed by atoms with Crippen LogP contribution in [0.2, 0.25) is 0 Å². The van der Waals surface area contributed by atoms with Crippen LogP contribution >= 0.6 is 11.3 Å². The summed E-state index contributed by atoms with van der Waals surface area (Å²) in [5.41, 5.74) is 1.05. The summed E-state index contributed by atoms with van der Waals surface area (Å²) in [6.45, 7) is 1.42. The van der Waals surface area contributed by atoms with Crippen LogP contribution in [0, 0.1) is 11.3 Å². The predicted molar refractivity (Wildman–Crippen MR) is 121 cm³/mol. The largest absolute Gasteiger partial charge is 0.321 e. The number of hydrogen-bond donors (Lipinski definition) is 2. The Morgan fingerprint density at radius 1 is 1.16 bits per heavy atom. The van der Waals surface area contributed by atoms with Crippen molar-refractivity contribution >= 4 is 55.8 Å². The molecule has 0 aliphatic rings. The maximum atomic E-state index is 12.5. The van der Waals surface area contributed by atoms with E-state index in [1.807, 2.05) is 12.1 Å². The molecular formula is C21H17N5O4S2. The average Bonchev–Trinajstić information content (AvgIpc) is 3.20. The molecule has 0 saturated carbocycles. The van der Waals surface area contributed by atoms with Crippen molar-refractivity contribution in [3.63, 3.8) is 0 Å². The number of nitrogens with one attached hydrogen (secondary N) is 1. The zero-order valence-electron chi connectivity index (χ0n) is 16.7. The molecule has 0 atom stereocenters. The molecule has 0 radical (unpaired) electrons. The summed E-state index contributed by atoms with van der Waals surface area (Å²) in [6.07, 6.45) is 1.30. The number of aromatic nitrogens is 1. The molecule has 0 aliphatic carbocycles. The van der Waals surface area contributed by atoms with Gasteiger partial charge in [0.1, 0.15) is 11.6 Å². The van der Waals surface area contributed by atoms with E-state index >= 15 is 0 Å². The second-order valence-electron chi connectivity index (χ2n) is 6.44. The first-order valence-corrected chi connectivity index (χ1v) is 11.5. The molecule has 0 saturated heterocycles. The van der Waals surface area contributed by atoms with Crippen molar-refractivity contribution in [2.24, 2.45) is 5.14 Å². The number of hydrogen-bond acceptors (Lipinski definition) is 7. The quantitative estimate of drug-likeness (QED) is 0.421. The minimum Gasteiger partial charge on any atom is -0.321 e. The van der Waals surface area contributed by atoms with E-state index in [1.165, 1.54) is 53.5 Å². The van der Waals surface area contributed by atoms with Crippen LogP contribution in [-0.4, -0.2) is 25.2 Å². The molecule has 11 heteroatoms. The minimum absolute atomic E-state index is 0.102. The zero-order valence-corrected chi connectivity index (χ0v) is 18.4. The van der Waals surface area contributed by atoms with Gasteiger partial charge in [0.25, 0.3) is 5.91 Å². The number of carbonyl (C=O) groups is 2. The molecule has 9 nitrogen and oxygen atoms in total. The number of nitrogens with two attached hydrogens (primary N) is 1. The van der Waals surface area contributed by atoms with E-state index in [0.29, 0.717) is 16.5 Å². The van der Waals surface area contributed by atoms with Crippen LogP contribution in [0.4, 0.5) is 16.5 Å². The molecule has 1 heterocycles. The van der Waals surface area contributed by atoms with Crippen molar-refractivity contribution in [1.82, 2.24) is 4.98 Å². The number of carbonyl (C=O) groups excluding carboxylic acids is 2. The van der Waals surface area contributed by atoms with Gasteiger partial charge < -0.3 is 5.32 Å². The number of rotatable bonds is 6. The summed E-state index contributed by atoms with van der Waals surface area (Å²) in [6, 6.07) is 16.0. The second-order valence-corrected chi connectivity index (χ2v) is 8.84. The topological polar surface area (TPSA) is 146 Å². The van der Waals surface area contributed by atoms with Crippen LogP contribution in [0.3, 0.4) is 0 Å². The normalized spacial score (nSPS) is 11.5. The summed E-state index contributed by atoms with van der Waals surface area (Å²) in [7, 11) is -3.85.